The molecule has 0 amide bonds. The van der Waals surface area contributed by atoms with Crippen LogP contribution < -0.4 is 0 Å². The van der Waals surface area contributed by atoms with Crippen molar-refractivity contribution in [3.8, 4) is 0 Å². The van der Waals surface area contributed by atoms with Crippen molar-refractivity contribution in [2.45, 2.75) is 115 Å². The number of hydrogen-bond acceptors (Lipinski definition) is 4. The SMILES string of the molecule is [2H]C1C([2H])C2(CO[Si](C)(C)C(C)(C)C)OC1(CO[Si](C)(C)C(C)(C)C)CC(=O)C2[2H]. The lowest BCUT2D eigenvalue weighted by Gasteiger charge is -2.44. The zero-order valence-corrected chi connectivity index (χ0v) is 21.0. The van der Waals surface area contributed by atoms with Crippen LogP contribution in [-0.2, 0) is 18.4 Å². The lowest BCUT2D eigenvalue weighted by Crippen LogP contribution is -2.53. The summed E-state index contributed by atoms with van der Waals surface area (Å²) in [7, 11) is -4.31. The first-order valence-corrected chi connectivity index (χ1v) is 15.8. The first kappa shape index (κ1) is 19.0. The van der Waals surface area contributed by atoms with Crippen LogP contribution in [0.3, 0.4) is 0 Å². The molecule has 27 heavy (non-hydrogen) atoms. The van der Waals surface area contributed by atoms with Crippen molar-refractivity contribution in [2.75, 3.05) is 13.2 Å². The minimum absolute atomic E-state index is 0.00872. The summed E-state index contributed by atoms with van der Waals surface area (Å²) in [6.07, 6.45) is -3.23. The first-order chi connectivity index (χ1) is 13.2. The zero-order valence-electron chi connectivity index (χ0n) is 22.0. The van der Waals surface area contributed by atoms with E-state index in [0.29, 0.717) is 0 Å². The summed E-state index contributed by atoms with van der Waals surface area (Å²) < 4.78 is 45.2. The van der Waals surface area contributed by atoms with Crippen LogP contribution in [0.4, 0.5) is 0 Å². The highest BCUT2D eigenvalue weighted by Crippen LogP contribution is 2.49. The largest absolute Gasteiger partial charge is 0.414 e. The Hall–Kier alpha value is -0.0162. The van der Waals surface area contributed by atoms with Crippen LogP contribution in [0.2, 0.25) is 36.3 Å². The molecule has 0 aliphatic carbocycles. The van der Waals surface area contributed by atoms with E-state index >= 15 is 0 Å². The van der Waals surface area contributed by atoms with Gasteiger partial charge in [-0.3, -0.25) is 4.79 Å². The first-order valence-electron chi connectivity index (χ1n) is 11.7. The van der Waals surface area contributed by atoms with Gasteiger partial charge in [-0.25, -0.2) is 0 Å². The van der Waals surface area contributed by atoms with Crippen LogP contribution in [0.5, 0.6) is 0 Å². The van der Waals surface area contributed by atoms with Crippen molar-refractivity contribution in [1.82, 2.24) is 0 Å². The summed E-state index contributed by atoms with van der Waals surface area (Å²) in [5.41, 5.74) is -2.58. The number of ketones is 1. The van der Waals surface area contributed by atoms with E-state index in [1.54, 1.807) is 0 Å². The lowest BCUT2D eigenvalue weighted by atomic mass is 9.92. The number of carbonyl (C=O) groups excluding carboxylic acids is 1. The van der Waals surface area contributed by atoms with E-state index < -0.39 is 47.0 Å². The summed E-state index contributed by atoms with van der Waals surface area (Å²) in [6.45, 7) is 21.4. The maximum Gasteiger partial charge on any atom is 0.192 e. The summed E-state index contributed by atoms with van der Waals surface area (Å²) in [4.78, 5) is 12.9. The van der Waals surface area contributed by atoms with E-state index in [9.17, 15) is 4.79 Å². The number of hydrogen-bond donors (Lipinski definition) is 0. The van der Waals surface area contributed by atoms with Gasteiger partial charge < -0.3 is 13.6 Å². The van der Waals surface area contributed by atoms with Gasteiger partial charge in [-0.05, 0) is 49.1 Å². The van der Waals surface area contributed by atoms with Crippen molar-refractivity contribution in [3.63, 3.8) is 0 Å². The third-order valence-corrected chi connectivity index (χ3v) is 15.8. The molecule has 0 aromatic rings. The fourth-order valence-corrected chi connectivity index (χ4v) is 4.86. The highest BCUT2D eigenvalue weighted by Gasteiger charge is 2.57. The van der Waals surface area contributed by atoms with Crippen molar-refractivity contribution in [3.05, 3.63) is 0 Å². The van der Waals surface area contributed by atoms with E-state index in [2.05, 4.69) is 67.7 Å². The molecule has 2 aliphatic rings. The van der Waals surface area contributed by atoms with Crippen molar-refractivity contribution >= 4 is 22.4 Å². The Labute approximate surface area is 173 Å². The second-order valence-corrected chi connectivity index (χ2v) is 21.0. The molecule has 5 unspecified atom stereocenters. The molecule has 2 aliphatic heterocycles. The summed E-state index contributed by atoms with van der Waals surface area (Å²) in [5, 5.41) is -0.0574. The highest BCUT2D eigenvalue weighted by molar-refractivity contribution is 6.74. The molecule has 158 valence electrons. The molecule has 2 heterocycles. The molecule has 6 heteroatoms. The number of Topliss-reactive ketones (excluding diaryl/α,β-unsaturated/α-hetero) is 1. The number of fused-ring (bicyclic) bond motifs is 2. The van der Waals surface area contributed by atoms with Gasteiger partial charge in [0, 0.05) is 16.9 Å². The molecular formula is C21H42O4Si2. The van der Waals surface area contributed by atoms with E-state index in [1.165, 1.54) is 0 Å². The van der Waals surface area contributed by atoms with Gasteiger partial charge in [0.15, 0.2) is 16.6 Å². The van der Waals surface area contributed by atoms with Crippen LogP contribution >= 0.6 is 0 Å². The minimum atomic E-state index is -2.18. The Bertz CT molecular complexity index is 674. The average Bonchev–Trinajstić information content (AvgIpc) is 2.76. The van der Waals surface area contributed by atoms with E-state index in [4.69, 9.17) is 17.7 Å². The van der Waals surface area contributed by atoms with Gasteiger partial charge in [-0.1, -0.05) is 41.5 Å². The maximum atomic E-state index is 12.9. The third kappa shape index (κ3) is 4.94. The van der Waals surface area contributed by atoms with Gasteiger partial charge in [0.05, 0.1) is 24.4 Å². The maximum absolute atomic E-state index is 12.9. The Morgan fingerprint density at radius 3 is 1.78 bits per heavy atom. The van der Waals surface area contributed by atoms with Gasteiger partial charge >= 0.3 is 0 Å². The van der Waals surface area contributed by atoms with Crippen LogP contribution in [0.1, 0.15) is 71.3 Å². The quantitative estimate of drug-likeness (QED) is 0.521. The van der Waals surface area contributed by atoms with Gasteiger partial charge in [-0.2, -0.15) is 0 Å². The van der Waals surface area contributed by atoms with Crippen molar-refractivity contribution in [1.29, 1.82) is 0 Å². The molecule has 0 aromatic carbocycles. The van der Waals surface area contributed by atoms with Crippen LogP contribution in [0.15, 0.2) is 0 Å². The normalized spacial score (nSPS) is 39.9. The topological polar surface area (TPSA) is 44.8 Å². The molecule has 2 fully saturated rings. The molecule has 2 bridgehead atoms. The smallest absolute Gasteiger partial charge is 0.192 e. The van der Waals surface area contributed by atoms with E-state index in [0.717, 1.165) is 0 Å². The minimum Gasteiger partial charge on any atom is -0.414 e. The van der Waals surface area contributed by atoms with E-state index in [-0.39, 0.29) is 35.5 Å². The molecule has 0 saturated carbocycles. The summed E-state index contributed by atoms with van der Waals surface area (Å²) in [5.74, 6) is -0.272. The molecule has 2 saturated heterocycles. The van der Waals surface area contributed by atoms with Gasteiger partial charge in [0.25, 0.3) is 0 Å². The van der Waals surface area contributed by atoms with Crippen molar-refractivity contribution < 1.29 is 22.5 Å². The zero-order chi connectivity index (χ0) is 23.6. The Morgan fingerprint density at radius 1 is 0.926 bits per heavy atom. The summed E-state index contributed by atoms with van der Waals surface area (Å²) >= 11 is 0. The Morgan fingerprint density at radius 2 is 1.33 bits per heavy atom. The number of ether oxygens (including phenoxy) is 1. The average molecular weight is 418 g/mol. The standard InChI is InChI=1S/C21H42O4Si2/c1-18(2,3)26(7,8)23-15-20-11-12-21(25-20,14-17(22)13-20)16-24-27(9,10)19(4,5)6/h11-16H2,1-10H3/i11D,12D,13D. The fourth-order valence-electron chi connectivity index (χ4n) is 2.81. The molecule has 4 nitrogen and oxygen atoms in total. The highest BCUT2D eigenvalue weighted by atomic mass is 28.4. The third-order valence-electron chi connectivity index (χ3n) is 6.89. The number of rotatable bonds is 6. The molecule has 0 radical (unpaired) electrons. The number of carbonyl (C=O) groups is 1. The van der Waals surface area contributed by atoms with Gasteiger partial charge in [0.1, 0.15) is 5.78 Å². The predicted molar refractivity (Wildman–Crippen MR) is 116 cm³/mol. The molecular weight excluding hydrogens is 372 g/mol. The Kier molecular flexibility index (Phi) is 4.95. The lowest BCUT2D eigenvalue weighted by molar-refractivity contribution is -0.176. The molecule has 0 spiro atoms. The Balaban J connectivity index is 2.33. The predicted octanol–water partition coefficient (Wildman–Crippen LogP) is 5.68. The summed E-state index contributed by atoms with van der Waals surface area (Å²) in [6, 6.07) is 0. The molecule has 2 rings (SSSR count). The fraction of sp³-hybridized carbons (Fsp3) is 0.952. The van der Waals surface area contributed by atoms with Crippen molar-refractivity contribution in [2.24, 2.45) is 0 Å². The molecule has 0 aromatic heterocycles. The van der Waals surface area contributed by atoms with Gasteiger partial charge in [0.2, 0.25) is 0 Å². The monoisotopic (exact) mass is 417 g/mol. The van der Waals surface area contributed by atoms with Crippen LogP contribution in [0, 0.1) is 0 Å². The second-order valence-electron chi connectivity index (χ2n) is 11.3. The molecule has 5 atom stereocenters. The van der Waals surface area contributed by atoms with E-state index in [1.807, 2.05) is 0 Å². The van der Waals surface area contributed by atoms with Crippen LogP contribution in [0.25, 0.3) is 0 Å². The van der Waals surface area contributed by atoms with Gasteiger partial charge in [-0.15, -0.1) is 0 Å². The second kappa shape index (κ2) is 7.04. The van der Waals surface area contributed by atoms with Crippen LogP contribution in [-0.4, -0.2) is 46.8 Å². The molecule has 0 N–H and O–H groups in total.